The summed E-state index contributed by atoms with van der Waals surface area (Å²) in [4.78, 5) is 42.9. The second kappa shape index (κ2) is 31.0. The van der Waals surface area contributed by atoms with Crippen molar-refractivity contribution in [2.45, 2.75) is 337 Å². The molecule has 22 heteroatoms. The summed E-state index contributed by atoms with van der Waals surface area (Å²) >= 11 is 0. The standard InChI is InChI=1S/C31H44N2O4.C30H44N2O6.C30H43NO7/c1-29-13-10-24(32-37-19-18-33-16-4-3-5-17-33)20-23(29)7-8-27-26(29)11-14-30(2)25(12-15-31(27,30)35)22-6-9-28(34)36-21-22;1-16-24(31)25(34)26(35)27(38-16)32-19-8-11-28(2)18(14-19)5-6-22-21(28)9-12-29(3)20(10-13-30(22,29)36)17-4-7-23(33)37-15-17;1-16-24(31)25(33)26(34)27(37-16)38-19-8-11-28(2)18(14-19)5-6-22-21(28)9-12-29(3)20(10-13-30(22,29)35)17-4-7-23(32)36-15-17/h6,9,20-21,25-27,35H,3-5,7-8,10-19H2,1-2H3;4,7,14-16,19-22,24-27,32,34-36H,5-6,8-13,31H2,1-3H3;4,7,14-16,19-22,24-27,33-35H,5-6,8-13,31H2,1-3H3/b32-24+;;/t25-,26+,27-,29+,30-,31+;16-,19-,20+,21-,22+,24-,25+,26+,27+,28-,29+,30-;16-,19-,20+,21-,22+,24-,25+,26+,27-,28-,29+,30-/m100/s1. The largest absolute Gasteiger partial charge is 0.431 e. The Hall–Kier alpha value is -5.02. The second-order valence-electron chi connectivity index (χ2n) is 39.6. The fourth-order valence-corrected chi connectivity index (χ4v) is 27.8. The maximum Gasteiger partial charge on any atom is 0.335 e. The minimum Gasteiger partial charge on any atom is -0.431 e. The fourth-order valence-electron chi connectivity index (χ4n) is 27.8. The van der Waals surface area contributed by atoms with E-state index in [-0.39, 0.29) is 97.2 Å². The maximum atomic E-state index is 12.4. The molecule has 3 aliphatic heterocycles. The van der Waals surface area contributed by atoms with Gasteiger partial charge in [0, 0.05) is 47.0 Å². The van der Waals surface area contributed by atoms with E-state index in [9.17, 15) is 50.1 Å². The molecule has 0 bridgehead atoms. The van der Waals surface area contributed by atoms with Crippen LogP contribution in [0.25, 0.3) is 0 Å². The number of aliphatic hydroxyl groups excluding tert-OH is 4. The molecule has 18 rings (SSSR count). The van der Waals surface area contributed by atoms with Crippen molar-refractivity contribution in [3.8, 4) is 0 Å². The van der Waals surface area contributed by atoms with Gasteiger partial charge in [-0.15, -0.1) is 0 Å². The van der Waals surface area contributed by atoms with Gasteiger partial charge >= 0.3 is 16.9 Å². The predicted octanol–water partition coefficient (Wildman–Crippen LogP) is 11.2. The molecule has 30 atom stereocenters. The highest BCUT2D eigenvalue weighted by Gasteiger charge is 2.70. The summed E-state index contributed by atoms with van der Waals surface area (Å²) in [5.74, 6) is 2.70. The van der Waals surface area contributed by atoms with Gasteiger partial charge in [0.1, 0.15) is 37.3 Å². The first-order valence-electron chi connectivity index (χ1n) is 43.7. The van der Waals surface area contributed by atoms with E-state index in [2.05, 4.69) is 75.1 Å². The van der Waals surface area contributed by atoms with Crippen molar-refractivity contribution in [3.63, 3.8) is 0 Å². The third kappa shape index (κ3) is 13.8. The van der Waals surface area contributed by atoms with Crippen molar-refractivity contribution in [1.29, 1.82) is 0 Å². The average Bonchev–Trinajstić information content (AvgIpc) is 1.65. The van der Waals surface area contributed by atoms with Crippen LogP contribution < -0.4 is 33.7 Å². The maximum absolute atomic E-state index is 12.4. The molecule has 622 valence electrons. The Morgan fingerprint density at radius 3 is 1.41 bits per heavy atom. The van der Waals surface area contributed by atoms with E-state index >= 15 is 0 Å². The molecule has 3 saturated heterocycles. The van der Waals surface area contributed by atoms with Crippen LogP contribution in [0.3, 0.4) is 0 Å². The van der Waals surface area contributed by atoms with Crippen molar-refractivity contribution in [1.82, 2.24) is 10.2 Å². The summed E-state index contributed by atoms with van der Waals surface area (Å²) in [5.41, 5.74) is 16.8. The number of hydrogen-bond acceptors (Lipinski definition) is 22. The molecule has 0 spiro atoms. The molecule has 3 aromatic heterocycles. The first kappa shape index (κ1) is 81.7. The quantitative estimate of drug-likeness (QED) is 0.0484. The van der Waals surface area contributed by atoms with E-state index in [4.69, 9.17) is 43.8 Å². The van der Waals surface area contributed by atoms with Gasteiger partial charge in [-0.1, -0.05) is 82.0 Å². The first-order chi connectivity index (χ1) is 53.8. The van der Waals surface area contributed by atoms with Gasteiger partial charge in [-0.05, 0) is 304 Å². The van der Waals surface area contributed by atoms with Crippen LogP contribution in [0.4, 0.5) is 0 Å². The average molecular weight is 1570 g/mol. The smallest absolute Gasteiger partial charge is 0.335 e. The normalized spacial score (nSPS) is 47.4. The van der Waals surface area contributed by atoms with Gasteiger partial charge in [0.25, 0.3) is 0 Å². The third-order valence-corrected chi connectivity index (χ3v) is 34.8. The number of nitrogens with one attached hydrogen (secondary N) is 1. The third-order valence-electron chi connectivity index (χ3n) is 34.8. The summed E-state index contributed by atoms with van der Waals surface area (Å²) in [6.07, 6.45) is 31.8. The summed E-state index contributed by atoms with van der Waals surface area (Å²) < 4.78 is 33.6. The number of piperidine rings is 1. The van der Waals surface area contributed by atoms with E-state index < -0.39 is 71.9 Å². The number of nitrogens with two attached hydrogens (primary N) is 2. The number of ether oxygens (including phenoxy) is 3. The van der Waals surface area contributed by atoms with Crippen LogP contribution in [0.15, 0.2) is 123 Å². The van der Waals surface area contributed by atoms with Crippen LogP contribution in [0.1, 0.15) is 263 Å². The number of aliphatic hydroxyl groups is 7. The zero-order chi connectivity index (χ0) is 79.7. The second-order valence-corrected chi connectivity index (χ2v) is 39.6. The molecule has 12 N–H and O–H groups in total. The molecule has 0 aromatic carbocycles. The van der Waals surface area contributed by atoms with Gasteiger partial charge < -0.3 is 79.5 Å². The molecule has 12 fully saturated rings. The highest BCUT2D eigenvalue weighted by atomic mass is 16.7. The van der Waals surface area contributed by atoms with Crippen LogP contribution in [0.2, 0.25) is 0 Å². The van der Waals surface area contributed by atoms with Crippen molar-refractivity contribution in [2.75, 3.05) is 26.2 Å². The van der Waals surface area contributed by atoms with Crippen LogP contribution in [0.5, 0.6) is 0 Å². The summed E-state index contributed by atoms with van der Waals surface area (Å²) in [6, 6.07) is 9.01. The minimum absolute atomic E-state index is 0.00133. The summed E-state index contributed by atoms with van der Waals surface area (Å²) in [7, 11) is 0. The lowest BCUT2D eigenvalue weighted by molar-refractivity contribution is -0.279. The number of hydrogen-bond donors (Lipinski definition) is 10. The summed E-state index contributed by atoms with van der Waals surface area (Å²) in [5, 5.41) is 86.9. The van der Waals surface area contributed by atoms with E-state index in [0.717, 1.165) is 183 Å². The lowest BCUT2D eigenvalue weighted by Crippen LogP contribution is -2.65. The van der Waals surface area contributed by atoms with Gasteiger partial charge in [-0.3, -0.25) is 10.2 Å². The molecule has 0 amide bonds. The monoisotopic (exact) mass is 1570 g/mol. The lowest BCUT2D eigenvalue weighted by Gasteiger charge is -2.62. The Morgan fingerprint density at radius 2 is 0.929 bits per heavy atom. The Bertz CT molecular complexity index is 4030. The Morgan fingerprint density at radius 1 is 0.487 bits per heavy atom. The molecule has 0 unspecified atom stereocenters. The predicted molar refractivity (Wildman–Crippen MR) is 427 cm³/mol. The zero-order valence-corrected chi connectivity index (χ0v) is 68.2. The van der Waals surface area contributed by atoms with Crippen molar-refractivity contribution < 1.29 is 68.0 Å². The fraction of sp³-hybridized carbons (Fsp3) is 0.758. The number of allylic oxidation sites excluding steroid dienone is 4. The van der Waals surface area contributed by atoms with Gasteiger partial charge in [0.05, 0.1) is 71.7 Å². The molecule has 113 heavy (non-hydrogen) atoms. The number of likely N-dealkylation sites (tertiary alicyclic amines) is 1. The van der Waals surface area contributed by atoms with Crippen LogP contribution in [-0.4, -0.2) is 163 Å². The highest BCUT2D eigenvalue weighted by molar-refractivity contribution is 5.96. The van der Waals surface area contributed by atoms with Crippen LogP contribution in [0, 0.1) is 68.0 Å². The van der Waals surface area contributed by atoms with Gasteiger partial charge in [0.2, 0.25) is 0 Å². The minimum atomic E-state index is -1.18. The Balaban J connectivity index is 0.000000128. The zero-order valence-electron chi connectivity index (χ0n) is 68.2. The molecule has 3 aromatic rings. The van der Waals surface area contributed by atoms with E-state index in [1.54, 1.807) is 25.7 Å². The van der Waals surface area contributed by atoms with Gasteiger partial charge in [-0.25, -0.2) is 14.4 Å². The van der Waals surface area contributed by atoms with E-state index in [1.807, 2.05) is 25.1 Å². The van der Waals surface area contributed by atoms with Gasteiger partial charge in [-0.2, -0.15) is 0 Å². The number of rotatable bonds is 11. The molecule has 6 heterocycles. The van der Waals surface area contributed by atoms with Crippen LogP contribution >= 0.6 is 0 Å². The number of oxime groups is 1. The molecule has 12 aliphatic carbocycles. The lowest BCUT2D eigenvalue weighted by atomic mass is 9.45. The molecular formula is C91H131N5O17. The van der Waals surface area contributed by atoms with E-state index in [1.165, 1.54) is 67.3 Å². The van der Waals surface area contributed by atoms with Crippen LogP contribution in [-0.2, 0) is 19.0 Å². The molecule has 0 radical (unpaired) electrons. The number of nitrogens with zero attached hydrogens (tertiary/aromatic N) is 2. The van der Waals surface area contributed by atoms with Crippen molar-refractivity contribution in [2.24, 2.45) is 84.6 Å². The highest BCUT2D eigenvalue weighted by Crippen LogP contribution is 2.74. The van der Waals surface area contributed by atoms with Crippen molar-refractivity contribution >= 4 is 5.71 Å². The summed E-state index contributed by atoms with van der Waals surface area (Å²) in [6.45, 7) is 21.7. The molecule has 15 aliphatic rings. The van der Waals surface area contributed by atoms with Crippen molar-refractivity contribution in [3.05, 3.63) is 138 Å². The SMILES string of the molecule is C[C@@H]1O[C@@H](N[C@@H]2C=C3CC[C@@H]4[C@H](CC[C@]5(C)[C@@H](c6ccc(=O)oc6)CC[C@]45O)[C@@]3(C)CC2)[C@H](O)[C@H](O)[C@H]1N.C[C@@H]1O[C@@H](O[C@@H]2C=C3CC[C@@H]4[C@H](CC[C@]5(C)[C@@H](c6ccc(=O)oc6)CC[C@]45O)[C@@]3(C)CC2)[C@H](O)[C@H](O)[C@H]1N.C[C@]12CC/C(=N\OCCN3CCCCC3)C=C1CC[C@@H]1[C@@H]2CC[C@]2(C)[C@@H](c3ccc(=O)oc3)CC[C@]12O. The molecular weight excluding hydrogens is 1440 g/mol. The topological polar surface area (TPSA) is 349 Å². The Kier molecular flexibility index (Phi) is 22.4. The molecule has 9 saturated carbocycles. The first-order valence-corrected chi connectivity index (χ1v) is 43.7. The molecule has 22 nitrogen and oxygen atoms in total. The number of fused-ring (bicyclic) bond motifs is 15. The Labute approximate surface area is 666 Å². The van der Waals surface area contributed by atoms with Gasteiger partial charge in [0.15, 0.2) is 6.29 Å². The van der Waals surface area contributed by atoms with E-state index in [0.29, 0.717) is 30.3 Å².